The summed E-state index contributed by atoms with van der Waals surface area (Å²) in [6.45, 7) is 3.86. The Balaban J connectivity index is 1.32. The summed E-state index contributed by atoms with van der Waals surface area (Å²) >= 11 is 0. The van der Waals surface area contributed by atoms with Crippen LogP contribution in [0.2, 0.25) is 0 Å². The summed E-state index contributed by atoms with van der Waals surface area (Å²) in [4.78, 5) is 19.6. The predicted molar refractivity (Wildman–Crippen MR) is 129 cm³/mol. The van der Waals surface area contributed by atoms with Crippen molar-refractivity contribution in [3.63, 3.8) is 0 Å². The third-order valence-electron chi connectivity index (χ3n) is 6.42. The fourth-order valence-corrected chi connectivity index (χ4v) is 4.53. The molecule has 1 fully saturated rings. The summed E-state index contributed by atoms with van der Waals surface area (Å²) in [5.41, 5.74) is 3.34. The Morgan fingerprint density at radius 3 is 2.74 bits per heavy atom. The van der Waals surface area contributed by atoms with E-state index in [1.807, 2.05) is 30.3 Å². The molecule has 1 atom stereocenters. The lowest BCUT2D eigenvalue weighted by Crippen LogP contribution is -2.32. The highest BCUT2D eigenvalue weighted by atomic mass is 19.1. The van der Waals surface area contributed by atoms with Gasteiger partial charge in [-0.3, -0.25) is 14.7 Å². The van der Waals surface area contributed by atoms with Gasteiger partial charge in [-0.05, 0) is 91.5 Å². The lowest BCUT2D eigenvalue weighted by atomic mass is 9.95. The van der Waals surface area contributed by atoms with Crippen LogP contribution in [-0.2, 0) is 11.2 Å². The van der Waals surface area contributed by atoms with Crippen molar-refractivity contribution in [2.75, 3.05) is 38.2 Å². The Labute approximate surface area is 198 Å². The van der Waals surface area contributed by atoms with Gasteiger partial charge in [-0.2, -0.15) is 0 Å². The number of carbonyl (C=O) groups is 1. The molecule has 2 aliphatic heterocycles. The lowest BCUT2D eigenvalue weighted by Gasteiger charge is -2.25. The van der Waals surface area contributed by atoms with E-state index in [0.717, 1.165) is 30.8 Å². The number of aromatic nitrogens is 1. The van der Waals surface area contributed by atoms with E-state index < -0.39 is 5.92 Å². The summed E-state index contributed by atoms with van der Waals surface area (Å²) in [5, 5.41) is 3.02. The number of carbonyl (C=O) groups excluding carboxylic acids is 1. The summed E-state index contributed by atoms with van der Waals surface area (Å²) in [6.07, 6.45) is 6.40. The zero-order valence-electron chi connectivity index (χ0n) is 19.0. The molecule has 0 radical (unpaired) electrons. The third kappa shape index (κ3) is 5.20. The van der Waals surface area contributed by atoms with Crippen LogP contribution in [-0.4, -0.2) is 48.6 Å². The highest BCUT2D eigenvalue weighted by molar-refractivity contribution is 5.95. The van der Waals surface area contributed by atoms with E-state index in [9.17, 15) is 9.18 Å². The molecule has 176 valence electrons. The molecule has 1 saturated heterocycles. The average Bonchev–Trinajstić information content (AvgIpc) is 3.38. The van der Waals surface area contributed by atoms with Crippen molar-refractivity contribution >= 4 is 11.6 Å². The van der Waals surface area contributed by atoms with Crippen molar-refractivity contribution in [3.8, 4) is 22.6 Å². The highest BCUT2D eigenvalue weighted by Crippen LogP contribution is 2.33. The number of nitrogens with one attached hydrogen (secondary N) is 1. The Hall–Kier alpha value is -3.45. The maximum absolute atomic E-state index is 13.7. The van der Waals surface area contributed by atoms with Crippen LogP contribution in [0.15, 0.2) is 60.9 Å². The van der Waals surface area contributed by atoms with Crippen LogP contribution in [0.25, 0.3) is 11.1 Å². The third-order valence-corrected chi connectivity index (χ3v) is 6.42. The largest absolute Gasteiger partial charge is 0.492 e. The maximum Gasteiger partial charge on any atom is 0.231 e. The van der Waals surface area contributed by atoms with E-state index in [1.54, 1.807) is 18.5 Å². The minimum absolute atomic E-state index is 0.170. The van der Waals surface area contributed by atoms with Crippen molar-refractivity contribution in [3.05, 3.63) is 72.3 Å². The first kappa shape index (κ1) is 22.3. The molecule has 0 saturated carbocycles. The standard InChI is InChI=1S/C27H28FN3O3/c28-23-4-6-25-21(16-23)15-22(18-34-25)27(32)30-24-5-3-20(19-7-9-29-10-8-19)17-26(24)33-14-13-31-11-1-2-12-31/h3-10,16-17,22H,1-2,11-15,18H2,(H,30,32). The van der Waals surface area contributed by atoms with Gasteiger partial charge in [0.1, 0.15) is 30.5 Å². The molecule has 6 nitrogen and oxygen atoms in total. The summed E-state index contributed by atoms with van der Waals surface area (Å²) in [6, 6.07) is 14.1. The molecule has 0 spiro atoms. The number of fused-ring (bicyclic) bond motifs is 1. The molecule has 1 N–H and O–H groups in total. The predicted octanol–water partition coefficient (Wildman–Crippen LogP) is 4.55. The molecule has 5 rings (SSSR count). The van der Waals surface area contributed by atoms with Gasteiger partial charge < -0.3 is 14.8 Å². The van der Waals surface area contributed by atoms with Gasteiger partial charge in [0, 0.05) is 18.9 Å². The number of anilines is 1. The van der Waals surface area contributed by atoms with Crippen molar-refractivity contribution in [2.24, 2.45) is 5.92 Å². The van der Waals surface area contributed by atoms with Crippen LogP contribution >= 0.6 is 0 Å². The average molecular weight is 462 g/mol. The van der Waals surface area contributed by atoms with Crippen LogP contribution in [0.1, 0.15) is 18.4 Å². The van der Waals surface area contributed by atoms with E-state index in [0.29, 0.717) is 35.8 Å². The number of rotatable bonds is 7. The molecule has 34 heavy (non-hydrogen) atoms. The van der Waals surface area contributed by atoms with Gasteiger partial charge >= 0.3 is 0 Å². The van der Waals surface area contributed by atoms with E-state index in [1.165, 1.54) is 25.0 Å². The van der Waals surface area contributed by atoms with E-state index in [-0.39, 0.29) is 18.3 Å². The molecular formula is C27H28FN3O3. The van der Waals surface area contributed by atoms with Gasteiger partial charge in [-0.15, -0.1) is 0 Å². The molecular weight excluding hydrogens is 433 g/mol. The van der Waals surface area contributed by atoms with Crippen LogP contribution in [0.5, 0.6) is 11.5 Å². The number of benzene rings is 2. The number of pyridine rings is 1. The van der Waals surface area contributed by atoms with Gasteiger partial charge in [0.2, 0.25) is 5.91 Å². The van der Waals surface area contributed by atoms with Gasteiger partial charge in [-0.1, -0.05) is 6.07 Å². The van der Waals surface area contributed by atoms with Crippen LogP contribution in [0.3, 0.4) is 0 Å². The number of halogens is 1. The number of nitrogens with zero attached hydrogens (tertiary/aromatic N) is 2. The van der Waals surface area contributed by atoms with Crippen LogP contribution in [0, 0.1) is 11.7 Å². The topological polar surface area (TPSA) is 63.7 Å². The van der Waals surface area contributed by atoms with Gasteiger partial charge in [0.05, 0.1) is 11.6 Å². The fraction of sp³-hybridized carbons (Fsp3) is 0.333. The maximum atomic E-state index is 13.7. The monoisotopic (exact) mass is 461 g/mol. The molecule has 0 aliphatic carbocycles. The second kappa shape index (κ2) is 10.2. The molecule has 1 amide bonds. The second-order valence-electron chi connectivity index (χ2n) is 8.80. The van der Waals surface area contributed by atoms with Crippen molar-refractivity contribution in [2.45, 2.75) is 19.3 Å². The molecule has 0 bridgehead atoms. The summed E-state index contributed by atoms with van der Waals surface area (Å²) in [5.74, 6) is 0.356. The van der Waals surface area contributed by atoms with Gasteiger partial charge in [0.25, 0.3) is 0 Å². The van der Waals surface area contributed by atoms with Crippen molar-refractivity contribution < 1.29 is 18.7 Å². The first-order chi connectivity index (χ1) is 16.7. The first-order valence-corrected chi connectivity index (χ1v) is 11.8. The van der Waals surface area contributed by atoms with E-state index in [4.69, 9.17) is 9.47 Å². The normalized spacial score (nSPS) is 17.6. The van der Waals surface area contributed by atoms with Crippen molar-refractivity contribution in [1.29, 1.82) is 0 Å². The molecule has 1 unspecified atom stereocenters. The molecule has 2 aliphatic rings. The Morgan fingerprint density at radius 1 is 1.09 bits per heavy atom. The Kier molecular flexibility index (Phi) is 6.72. The Bertz CT molecular complexity index is 1150. The van der Waals surface area contributed by atoms with Crippen LogP contribution in [0.4, 0.5) is 10.1 Å². The first-order valence-electron chi connectivity index (χ1n) is 11.8. The number of amides is 1. The van der Waals surface area contributed by atoms with Gasteiger partial charge in [0.15, 0.2) is 0 Å². The minimum Gasteiger partial charge on any atom is -0.492 e. The highest BCUT2D eigenvalue weighted by Gasteiger charge is 2.27. The zero-order chi connectivity index (χ0) is 23.3. The van der Waals surface area contributed by atoms with Crippen LogP contribution < -0.4 is 14.8 Å². The summed E-state index contributed by atoms with van der Waals surface area (Å²) in [7, 11) is 0. The summed E-state index contributed by atoms with van der Waals surface area (Å²) < 4.78 is 25.5. The SMILES string of the molecule is O=C(Nc1ccc(-c2ccncc2)cc1OCCN1CCCC1)C1COc2ccc(F)cc2C1. The number of ether oxygens (including phenoxy) is 2. The molecule has 1 aromatic heterocycles. The van der Waals surface area contributed by atoms with E-state index >= 15 is 0 Å². The zero-order valence-corrected chi connectivity index (χ0v) is 19.0. The quantitative estimate of drug-likeness (QED) is 0.559. The second-order valence-corrected chi connectivity index (χ2v) is 8.80. The van der Waals surface area contributed by atoms with Gasteiger partial charge in [-0.25, -0.2) is 4.39 Å². The minimum atomic E-state index is -0.411. The number of hydrogen-bond acceptors (Lipinski definition) is 5. The van der Waals surface area contributed by atoms with Crippen molar-refractivity contribution in [1.82, 2.24) is 9.88 Å². The molecule has 2 aromatic carbocycles. The Morgan fingerprint density at radius 2 is 1.91 bits per heavy atom. The van der Waals surface area contributed by atoms with E-state index in [2.05, 4.69) is 15.2 Å². The smallest absolute Gasteiger partial charge is 0.231 e. The molecule has 7 heteroatoms. The molecule has 3 heterocycles. The number of likely N-dealkylation sites (tertiary alicyclic amines) is 1. The fourth-order valence-electron chi connectivity index (χ4n) is 4.53. The molecule has 3 aromatic rings. The lowest BCUT2D eigenvalue weighted by molar-refractivity contribution is -0.121. The number of hydrogen-bond donors (Lipinski definition) is 1.